The minimum atomic E-state index is -4.07. The maximum absolute atomic E-state index is 13.7. The van der Waals surface area contributed by atoms with Crippen molar-refractivity contribution in [1.29, 1.82) is 0 Å². The maximum Gasteiger partial charge on any atom is 0.262 e. The number of anilines is 2. The Balaban J connectivity index is 1.89. The molecule has 3 aromatic carbocycles. The summed E-state index contributed by atoms with van der Waals surface area (Å²) in [6, 6.07) is 10.4. The number of amides is 1. The van der Waals surface area contributed by atoms with Gasteiger partial charge in [0.2, 0.25) is 0 Å². The van der Waals surface area contributed by atoms with E-state index in [1.807, 2.05) is 0 Å². The van der Waals surface area contributed by atoms with Gasteiger partial charge < -0.3 is 10.1 Å². The van der Waals surface area contributed by atoms with Gasteiger partial charge in [-0.25, -0.2) is 17.2 Å². The zero-order valence-corrected chi connectivity index (χ0v) is 18.1. The van der Waals surface area contributed by atoms with Crippen molar-refractivity contribution in [3.8, 4) is 5.75 Å². The maximum atomic E-state index is 13.7. The molecule has 1 amide bonds. The molecule has 11 heteroatoms. The molecule has 6 nitrogen and oxygen atoms in total. The topological polar surface area (TPSA) is 84.5 Å². The largest absolute Gasteiger partial charge is 0.495 e. The van der Waals surface area contributed by atoms with E-state index in [9.17, 15) is 22.0 Å². The molecule has 0 aromatic heterocycles. The van der Waals surface area contributed by atoms with Crippen LogP contribution in [-0.2, 0) is 10.0 Å². The molecular formula is C20H14Cl2F2N2O4S. The molecule has 0 spiro atoms. The Bertz CT molecular complexity index is 1250. The second-order valence-electron chi connectivity index (χ2n) is 6.17. The van der Waals surface area contributed by atoms with Crippen molar-refractivity contribution < 1.29 is 26.7 Å². The van der Waals surface area contributed by atoms with Crippen LogP contribution in [-0.4, -0.2) is 21.4 Å². The van der Waals surface area contributed by atoms with Gasteiger partial charge >= 0.3 is 0 Å². The highest BCUT2D eigenvalue weighted by Crippen LogP contribution is 2.31. The van der Waals surface area contributed by atoms with Crippen LogP contribution in [0.15, 0.2) is 59.5 Å². The van der Waals surface area contributed by atoms with Gasteiger partial charge in [-0.1, -0.05) is 23.2 Å². The van der Waals surface area contributed by atoms with Crippen molar-refractivity contribution in [3.63, 3.8) is 0 Å². The first-order valence-electron chi connectivity index (χ1n) is 8.53. The lowest BCUT2D eigenvalue weighted by molar-refractivity contribution is 0.102. The van der Waals surface area contributed by atoms with Crippen LogP contribution in [0.2, 0.25) is 10.0 Å². The first-order valence-corrected chi connectivity index (χ1v) is 10.8. The summed E-state index contributed by atoms with van der Waals surface area (Å²) in [5, 5.41) is 2.20. The fourth-order valence-electron chi connectivity index (χ4n) is 2.58. The number of hydrogen-bond acceptors (Lipinski definition) is 4. The summed E-state index contributed by atoms with van der Waals surface area (Å²) >= 11 is 11.6. The molecule has 0 aliphatic rings. The van der Waals surface area contributed by atoms with Gasteiger partial charge in [-0.2, -0.15) is 0 Å². The lowest BCUT2D eigenvalue weighted by Crippen LogP contribution is -2.15. The molecule has 0 heterocycles. The molecule has 0 aliphatic heterocycles. The SMILES string of the molecule is COc1ccc(NC(=O)c2cc(F)c(Cl)cc2Cl)cc1NS(=O)(=O)c1ccc(F)cc1. The van der Waals surface area contributed by atoms with Gasteiger partial charge in [-0.3, -0.25) is 9.52 Å². The number of hydrogen-bond donors (Lipinski definition) is 2. The molecule has 0 aliphatic carbocycles. The second-order valence-corrected chi connectivity index (χ2v) is 8.67. The molecule has 162 valence electrons. The number of benzene rings is 3. The summed E-state index contributed by atoms with van der Waals surface area (Å²) in [4.78, 5) is 12.3. The number of sulfonamides is 1. The number of methoxy groups -OCH3 is 1. The van der Waals surface area contributed by atoms with Gasteiger partial charge in [0.05, 0.1) is 33.3 Å². The number of ether oxygens (including phenoxy) is 1. The summed E-state index contributed by atoms with van der Waals surface area (Å²) in [6.07, 6.45) is 0. The highest BCUT2D eigenvalue weighted by Gasteiger charge is 2.19. The summed E-state index contributed by atoms with van der Waals surface area (Å²) < 4.78 is 59.5. The van der Waals surface area contributed by atoms with Gasteiger partial charge in [-0.05, 0) is 54.6 Å². The van der Waals surface area contributed by atoms with E-state index in [-0.39, 0.29) is 37.6 Å². The summed E-state index contributed by atoms with van der Waals surface area (Å²) in [5.41, 5.74) is 0.0277. The number of nitrogens with one attached hydrogen (secondary N) is 2. The molecule has 2 N–H and O–H groups in total. The average molecular weight is 487 g/mol. The Morgan fingerprint density at radius 3 is 2.29 bits per heavy atom. The summed E-state index contributed by atoms with van der Waals surface area (Å²) in [5.74, 6) is -1.98. The van der Waals surface area contributed by atoms with Crippen molar-refractivity contribution in [2.24, 2.45) is 0 Å². The Kier molecular flexibility index (Phi) is 6.68. The summed E-state index contributed by atoms with van der Waals surface area (Å²) in [7, 11) is -2.74. The average Bonchev–Trinajstić information content (AvgIpc) is 2.71. The van der Waals surface area contributed by atoms with E-state index >= 15 is 0 Å². The van der Waals surface area contributed by atoms with Crippen LogP contribution >= 0.6 is 23.2 Å². The Morgan fingerprint density at radius 1 is 0.968 bits per heavy atom. The third-order valence-electron chi connectivity index (χ3n) is 4.08. The minimum Gasteiger partial charge on any atom is -0.495 e. The van der Waals surface area contributed by atoms with Gasteiger partial charge in [0.1, 0.15) is 17.4 Å². The lowest BCUT2D eigenvalue weighted by atomic mass is 10.2. The van der Waals surface area contributed by atoms with Crippen molar-refractivity contribution >= 4 is 50.5 Å². The molecule has 0 saturated heterocycles. The van der Waals surface area contributed by atoms with E-state index in [0.717, 1.165) is 36.4 Å². The van der Waals surface area contributed by atoms with E-state index in [0.29, 0.717) is 0 Å². The van der Waals surface area contributed by atoms with E-state index < -0.39 is 27.6 Å². The van der Waals surface area contributed by atoms with Crippen LogP contribution in [0.4, 0.5) is 20.2 Å². The highest BCUT2D eigenvalue weighted by atomic mass is 35.5. The fourth-order valence-corrected chi connectivity index (χ4v) is 4.11. The molecule has 0 unspecified atom stereocenters. The molecule has 0 saturated carbocycles. The van der Waals surface area contributed by atoms with Crippen molar-refractivity contribution in [2.45, 2.75) is 4.90 Å². The molecule has 0 atom stereocenters. The number of rotatable bonds is 6. The Hall–Kier alpha value is -2.88. The van der Waals surface area contributed by atoms with Gasteiger partial charge in [0, 0.05) is 5.69 Å². The molecule has 3 aromatic rings. The minimum absolute atomic E-state index is 0.0120. The third kappa shape index (κ3) is 5.25. The molecular weight excluding hydrogens is 473 g/mol. The standard InChI is InChI=1S/C20H14Cl2F2N2O4S/c1-30-19-7-4-12(25-20(27)14-9-17(24)16(22)10-15(14)21)8-18(19)26-31(28,29)13-5-2-11(23)3-6-13/h2-10,26H,1H3,(H,25,27). The zero-order valence-electron chi connectivity index (χ0n) is 15.7. The van der Waals surface area contributed by atoms with Crippen molar-refractivity contribution in [1.82, 2.24) is 0 Å². The van der Waals surface area contributed by atoms with E-state index in [2.05, 4.69) is 10.0 Å². The van der Waals surface area contributed by atoms with E-state index in [1.165, 1.54) is 25.3 Å². The Labute approximate surface area is 186 Å². The summed E-state index contributed by atoms with van der Waals surface area (Å²) in [6.45, 7) is 0. The van der Waals surface area contributed by atoms with E-state index in [1.54, 1.807) is 0 Å². The smallest absolute Gasteiger partial charge is 0.262 e. The van der Waals surface area contributed by atoms with Crippen LogP contribution in [0.1, 0.15) is 10.4 Å². The first-order chi connectivity index (χ1) is 14.6. The quantitative estimate of drug-likeness (QED) is 0.461. The molecule has 0 fully saturated rings. The van der Waals surface area contributed by atoms with Gasteiger partial charge in [0.15, 0.2) is 0 Å². The molecule has 0 radical (unpaired) electrons. The van der Waals surface area contributed by atoms with Crippen molar-refractivity contribution in [3.05, 3.63) is 81.8 Å². The second kappa shape index (κ2) is 9.09. The molecule has 31 heavy (non-hydrogen) atoms. The van der Waals surface area contributed by atoms with E-state index in [4.69, 9.17) is 27.9 Å². The Morgan fingerprint density at radius 2 is 1.65 bits per heavy atom. The third-order valence-corrected chi connectivity index (χ3v) is 6.06. The molecule has 3 rings (SSSR count). The van der Waals surface area contributed by atoms with Crippen LogP contribution in [0.25, 0.3) is 0 Å². The van der Waals surface area contributed by atoms with Crippen LogP contribution in [0, 0.1) is 11.6 Å². The van der Waals surface area contributed by atoms with Crippen LogP contribution < -0.4 is 14.8 Å². The first kappa shape index (κ1) is 22.8. The number of carbonyl (C=O) groups excluding carboxylic acids is 1. The fraction of sp³-hybridized carbons (Fsp3) is 0.0500. The zero-order chi connectivity index (χ0) is 22.8. The molecule has 0 bridgehead atoms. The number of halogens is 4. The van der Waals surface area contributed by atoms with Crippen LogP contribution in [0.5, 0.6) is 5.75 Å². The lowest BCUT2D eigenvalue weighted by Gasteiger charge is -2.14. The predicted octanol–water partition coefficient (Wildman–Crippen LogP) is 5.33. The van der Waals surface area contributed by atoms with Gasteiger partial charge in [0.25, 0.3) is 15.9 Å². The predicted molar refractivity (Wildman–Crippen MR) is 115 cm³/mol. The normalized spacial score (nSPS) is 11.1. The van der Waals surface area contributed by atoms with Gasteiger partial charge in [-0.15, -0.1) is 0 Å². The van der Waals surface area contributed by atoms with Crippen molar-refractivity contribution in [2.75, 3.05) is 17.1 Å². The van der Waals surface area contributed by atoms with Crippen LogP contribution in [0.3, 0.4) is 0 Å². The monoisotopic (exact) mass is 486 g/mol. The highest BCUT2D eigenvalue weighted by molar-refractivity contribution is 7.92. The number of carbonyl (C=O) groups is 1.